The van der Waals surface area contributed by atoms with Crippen LogP contribution in [0.25, 0.3) is 0 Å². The molecule has 2 atom stereocenters. The van der Waals surface area contributed by atoms with Crippen molar-refractivity contribution in [2.75, 3.05) is 25.5 Å². The molecule has 142 valence electrons. The highest BCUT2D eigenvalue weighted by Crippen LogP contribution is 2.34. The van der Waals surface area contributed by atoms with E-state index in [4.69, 9.17) is 0 Å². The Balaban J connectivity index is 1.54. The Hall–Kier alpha value is -3.03. The van der Waals surface area contributed by atoms with Crippen molar-refractivity contribution in [2.45, 2.75) is 12.8 Å². The molecule has 1 fully saturated rings. The van der Waals surface area contributed by atoms with Crippen LogP contribution in [0.4, 0.5) is 10.1 Å². The minimum atomic E-state index is -0.502. The van der Waals surface area contributed by atoms with E-state index in [1.165, 1.54) is 31.3 Å². The van der Waals surface area contributed by atoms with E-state index < -0.39 is 17.6 Å². The summed E-state index contributed by atoms with van der Waals surface area (Å²) in [5, 5.41) is 2.55. The van der Waals surface area contributed by atoms with Gasteiger partial charge in [-0.3, -0.25) is 24.1 Å². The van der Waals surface area contributed by atoms with Gasteiger partial charge in [0, 0.05) is 12.7 Å². The predicted molar refractivity (Wildman–Crippen MR) is 94.7 cm³/mol. The normalized spacial score (nSPS) is 21.2. The lowest BCUT2D eigenvalue weighted by atomic mass is 9.85. The van der Waals surface area contributed by atoms with E-state index in [1.807, 2.05) is 12.2 Å². The maximum absolute atomic E-state index is 12.9. The van der Waals surface area contributed by atoms with Gasteiger partial charge >= 0.3 is 0 Å². The number of likely N-dealkylation sites (tertiary alicyclic amines) is 1. The first kappa shape index (κ1) is 18.8. The number of rotatable bonds is 5. The van der Waals surface area contributed by atoms with Gasteiger partial charge in [0.15, 0.2) is 0 Å². The molecular formula is C19H20FN3O4. The number of benzene rings is 1. The monoisotopic (exact) mass is 373 g/mol. The van der Waals surface area contributed by atoms with E-state index in [0.717, 1.165) is 9.80 Å². The van der Waals surface area contributed by atoms with Crippen molar-refractivity contribution in [3.63, 3.8) is 0 Å². The van der Waals surface area contributed by atoms with E-state index in [1.54, 1.807) is 0 Å². The van der Waals surface area contributed by atoms with Crippen molar-refractivity contribution in [2.24, 2.45) is 11.8 Å². The largest absolute Gasteiger partial charge is 0.335 e. The second kappa shape index (κ2) is 7.69. The Morgan fingerprint density at radius 2 is 1.67 bits per heavy atom. The Bertz CT molecular complexity index is 780. The average molecular weight is 373 g/mol. The van der Waals surface area contributed by atoms with Crippen LogP contribution in [0.5, 0.6) is 0 Å². The maximum atomic E-state index is 12.9. The molecule has 4 amide bonds. The van der Waals surface area contributed by atoms with Crippen LogP contribution < -0.4 is 5.32 Å². The molecule has 0 unspecified atom stereocenters. The quantitative estimate of drug-likeness (QED) is 0.620. The molecule has 8 heteroatoms. The van der Waals surface area contributed by atoms with Crippen molar-refractivity contribution >= 4 is 29.3 Å². The molecule has 3 rings (SSSR count). The number of amides is 4. The number of hydrogen-bond acceptors (Lipinski definition) is 4. The zero-order chi connectivity index (χ0) is 19.6. The van der Waals surface area contributed by atoms with E-state index >= 15 is 0 Å². The molecule has 2 aliphatic rings. The number of carbonyl (C=O) groups is 4. The van der Waals surface area contributed by atoms with Crippen LogP contribution in [0.2, 0.25) is 0 Å². The lowest BCUT2D eigenvalue weighted by molar-refractivity contribution is -0.146. The topological polar surface area (TPSA) is 86.8 Å². The van der Waals surface area contributed by atoms with Gasteiger partial charge in [-0.25, -0.2) is 4.39 Å². The van der Waals surface area contributed by atoms with E-state index in [0.29, 0.717) is 18.5 Å². The van der Waals surface area contributed by atoms with Gasteiger partial charge in [0.25, 0.3) is 0 Å². The summed E-state index contributed by atoms with van der Waals surface area (Å²) < 4.78 is 12.9. The fraction of sp³-hybridized carbons (Fsp3) is 0.368. The van der Waals surface area contributed by atoms with Gasteiger partial charge < -0.3 is 10.2 Å². The summed E-state index contributed by atoms with van der Waals surface area (Å²) in [4.78, 5) is 51.3. The van der Waals surface area contributed by atoms with Crippen molar-refractivity contribution in [3.8, 4) is 0 Å². The van der Waals surface area contributed by atoms with Crippen LogP contribution in [-0.4, -0.2) is 53.6 Å². The van der Waals surface area contributed by atoms with Crippen LogP contribution in [0.1, 0.15) is 12.8 Å². The first-order valence-corrected chi connectivity index (χ1v) is 8.66. The van der Waals surface area contributed by atoms with Gasteiger partial charge in [0.05, 0.1) is 18.4 Å². The zero-order valence-corrected chi connectivity index (χ0v) is 14.9. The number of nitrogens with zero attached hydrogens (tertiary/aromatic N) is 2. The first-order chi connectivity index (χ1) is 12.9. The molecule has 7 nitrogen and oxygen atoms in total. The number of carbonyl (C=O) groups excluding carboxylic acids is 4. The predicted octanol–water partition coefficient (Wildman–Crippen LogP) is 1.17. The van der Waals surface area contributed by atoms with Crippen LogP contribution >= 0.6 is 0 Å². The summed E-state index contributed by atoms with van der Waals surface area (Å²) in [7, 11) is 1.42. The molecule has 0 bridgehead atoms. The molecule has 0 radical (unpaired) electrons. The number of hydrogen-bond donors (Lipinski definition) is 1. The molecular weight excluding hydrogens is 353 g/mol. The smallest absolute Gasteiger partial charge is 0.243 e. The number of allylic oxidation sites excluding steroid dienone is 2. The third-order valence-corrected chi connectivity index (χ3v) is 4.83. The van der Waals surface area contributed by atoms with E-state index in [2.05, 4.69) is 5.32 Å². The summed E-state index contributed by atoms with van der Waals surface area (Å²) in [6, 6.07) is 5.24. The highest BCUT2D eigenvalue weighted by atomic mass is 19.1. The van der Waals surface area contributed by atoms with Crippen molar-refractivity contribution in [1.29, 1.82) is 0 Å². The molecule has 0 spiro atoms. The summed E-state index contributed by atoms with van der Waals surface area (Å²) >= 11 is 0. The molecule has 1 saturated heterocycles. The summed E-state index contributed by atoms with van der Waals surface area (Å²) in [5.74, 6) is -2.81. The number of imide groups is 1. The molecule has 1 N–H and O–H groups in total. The molecule has 0 aromatic heterocycles. The van der Waals surface area contributed by atoms with Gasteiger partial charge in [-0.2, -0.15) is 0 Å². The molecule has 1 aliphatic carbocycles. The van der Waals surface area contributed by atoms with Crippen molar-refractivity contribution < 1.29 is 23.6 Å². The summed E-state index contributed by atoms with van der Waals surface area (Å²) in [6.07, 6.45) is 4.78. The fourth-order valence-corrected chi connectivity index (χ4v) is 3.32. The maximum Gasteiger partial charge on any atom is 0.243 e. The number of fused-ring (bicyclic) bond motifs is 1. The average Bonchev–Trinajstić information content (AvgIpc) is 2.89. The number of anilines is 1. The van der Waals surface area contributed by atoms with E-state index in [-0.39, 0.29) is 36.7 Å². The van der Waals surface area contributed by atoms with Crippen LogP contribution in [0, 0.1) is 17.7 Å². The minimum Gasteiger partial charge on any atom is -0.335 e. The van der Waals surface area contributed by atoms with Crippen LogP contribution in [0.15, 0.2) is 36.4 Å². The Labute approximate surface area is 155 Å². The lowest BCUT2D eigenvalue weighted by Crippen LogP contribution is -2.44. The minimum absolute atomic E-state index is 0.249. The molecule has 27 heavy (non-hydrogen) atoms. The number of nitrogens with one attached hydrogen (secondary N) is 1. The van der Waals surface area contributed by atoms with Gasteiger partial charge in [0.2, 0.25) is 23.6 Å². The Morgan fingerprint density at radius 3 is 2.22 bits per heavy atom. The summed E-state index contributed by atoms with van der Waals surface area (Å²) in [6.45, 7) is -0.619. The van der Waals surface area contributed by atoms with E-state index in [9.17, 15) is 23.6 Å². The number of likely N-dealkylation sites (N-methyl/N-ethyl adjacent to an activating group) is 1. The standard InChI is InChI=1S/C19H20FN3O4/c1-22(10-16(24)21-13-8-6-12(20)7-9-13)17(25)11-23-18(26)14-4-2-3-5-15(14)19(23)27/h2-3,6-9,14-15H,4-5,10-11H2,1H3,(H,21,24)/t14-,15-/m0/s1. The Morgan fingerprint density at radius 1 is 1.11 bits per heavy atom. The highest BCUT2D eigenvalue weighted by Gasteiger charge is 2.47. The second-order valence-corrected chi connectivity index (χ2v) is 6.72. The third kappa shape index (κ3) is 4.05. The second-order valence-electron chi connectivity index (χ2n) is 6.72. The highest BCUT2D eigenvalue weighted by molar-refractivity contribution is 6.07. The van der Waals surface area contributed by atoms with Gasteiger partial charge in [0.1, 0.15) is 12.4 Å². The van der Waals surface area contributed by atoms with Crippen LogP contribution in [0.3, 0.4) is 0 Å². The third-order valence-electron chi connectivity index (χ3n) is 4.83. The molecule has 1 aromatic rings. The van der Waals surface area contributed by atoms with Crippen LogP contribution in [-0.2, 0) is 19.2 Å². The fourth-order valence-electron chi connectivity index (χ4n) is 3.32. The van der Waals surface area contributed by atoms with Gasteiger partial charge in [-0.1, -0.05) is 12.2 Å². The lowest BCUT2D eigenvalue weighted by Gasteiger charge is -2.20. The Kier molecular flexibility index (Phi) is 5.34. The van der Waals surface area contributed by atoms with Gasteiger partial charge in [-0.15, -0.1) is 0 Å². The van der Waals surface area contributed by atoms with Crippen molar-refractivity contribution in [3.05, 3.63) is 42.2 Å². The summed E-state index contributed by atoms with van der Waals surface area (Å²) in [5.41, 5.74) is 0.406. The molecule has 1 aromatic carbocycles. The SMILES string of the molecule is CN(CC(=O)Nc1ccc(F)cc1)C(=O)CN1C(=O)[C@H]2CC=CC[C@@H]2C1=O. The zero-order valence-electron chi connectivity index (χ0n) is 14.9. The molecule has 0 saturated carbocycles. The molecule has 1 aliphatic heterocycles. The van der Waals surface area contributed by atoms with Crippen molar-refractivity contribution in [1.82, 2.24) is 9.80 Å². The first-order valence-electron chi connectivity index (χ1n) is 8.66. The van der Waals surface area contributed by atoms with Gasteiger partial charge in [-0.05, 0) is 37.1 Å². The number of halogens is 1. The molecule has 1 heterocycles.